The molecule has 5 rings (SSSR count). The summed E-state index contributed by atoms with van der Waals surface area (Å²) in [5.74, 6) is -1.95. The van der Waals surface area contributed by atoms with Crippen molar-refractivity contribution >= 4 is 27.3 Å². The number of rotatable bonds is 6. The Hall–Kier alpha value is -4.58. The van der Waals surface area contributed by atoms with Crippen LogP contribution in [0, 0.1) is 11.6 Å². The van der Waals surface area contributed by atoms with Gasteiger partial charge in [0, 0.05) is 30.2 Å². The van der Waals surface area contributed by atoms with Crippen molar-refractivity contribution in [3.63, 3.8) is 0 Å². The Morgan fingerprint density at radius 3 is 2.66 bits per heavy atom. The van der Waals surface area contributed by atoms with E-state index in [9.17, 15) is 22.0 Å². The van der Waals surface area contributed by atoms with Crippen LogP contribution in [0.2, 0.25) is 0 Å². The first-order chi connectivity index (χ1) is 18.3. The number of ether oxygens (including phenoxy) is 2. The van der Waals surface area contributed by atoms with Crippen LogP contribution in [0.5, 0.6) is 11.6 Å². The molecular formula is C26H20F2N4O5S. The number of anilines is 2. The maximum atomic E-state index is 14.2. The van der Waals surface area contributed by atoms with Gasteiger partial charge in [-0.25, -0.2) is 22.2 Å². The van der Waals surface area contributed by atoms with Crippen LogP contribution < -0.4 is 19.1 Å². The Kier molecular flexibility index (Phi) is 6.64. The number of nitrogens with zero attached hydrogens (tertiary/aromatic N) is 3. The van der Waals surface area contributed by atoms with Gasteiger partial charge in [-0.15, -0.1) is 0 Å². The molecule has 0 unspecified atom stereocenters. The molecule has 0 aliphatic carbocycles. The fourth-order valence-electron chi connectivity index (χ4n) is 3.99. The smallest absolute Gasteiger partial charge is 0.264 e. The highest BCUT2D eigenvalue weighted by molar-refractivity contribution is 7.92. The summed E-state index contributed by atoms with van der Waals surface area (Å²) in [5, 5.41) is 0. The highest BCUT2D eigenvalue weighted by atomic mass is 32.2. The van der Waals surface area contributed by atoms with E-state index in [-0.39, 0.29) is 17.5 Å². The zero-order valence-electron chi connectivity index (χ0n) is 19.9. The number of amides is 1. The first-order valence-corrected chi connectivity index (χ1v) is 12.8. The maximum Gasteiger partial charge on any atom is 0.264 e. The summed E-state index contributed by atoms with van der Waals surface area (Å²) in [6.45, 7) is 0.633. The Balaban J connectivity index is 1.51. The summed E-state index contributed by atoms with van der Waals surface area (Å²) in [5.41, 5.74) is 1.95. The molecule has 0 fully saturated rings. The van der Waals surface area contributed by atoms with Crippen LogP contribution in [0.1, 0.15) is 10.4 Å². The van der Waals surface area contributed by atoms with E-state index in [4.69, 9.17) is 9.47 Å². The van der Waals surface area contributed by atoms with Crippen LogP contribution in [0.4, 0.5) is 20.2 Å². The average molecular weight is 539 g/mol. The van der Waals surface area contributed by atoms with Gasteiger partial charge in [-0.05, 0) is 48.0 Å². The van der Waals surface area contributed by atoms with Crippen molar-refractivity contribution in [3.8, 4) is 22.8 Å². The van der Waals surface area contributed by atoms with Crippen LogP contribution in [-0.2, 0) is 10.0 Å². The van der Waals surface area contributed by atoms with Gasteiger partial charge in [-0.2, -0.15) is 0 Å². The molecule has 0 radical (unpaired) electrons. The zero-order valence-corrected chi connectivity index (χ0v) is 20.7. The summed E-state index contributed by atoms with van der Waals surface area (Å²) in [4.78, 5) is 22.2. The molecule has 0 saturated carbocycles. The second kappa shape index (κ2) is 10.1. The summed E-state index contributed by atoms with van der Waals surface area (Å²) in [7, 11) is -3.15. The molecule has 38 heavy (non-hydrogen) atoms. The molecular weight excluding hydrogens is 518 g/mol. The molecule has 0 spiro atoms. The number of carbonyl (C=O) groups excluding carboxylic acids is 1. The van der Waals surface area contributed by atoms with Gasteiger partial charge < -0.3 is 14.4 Å². The van der Waals surface area contributed by atoms with Gasteiger partial charge in [0.1, 0.15) is 34.6 Å². The third-order valence-electron chi connectivity index (χ3n) is 5.78. The van der Waals surface area contributed by atoms with Gasteiger partial charge >= 0.3 is 0 Å². The predicted octanol–water partition coefficient (Wildman–Crippen LogP) is 4.27. The third-order valence-corrected chi connectivity index (χ3v) is 7.18. The molecule has 1 N–H and O–H groups in total. The number of fused-ring (bicyclic) bond motifs is 1. The SMILES string of the molecule is COc1ncc(-c2ccc3c(c2)N(C(=O)c2cccnc2)CCO3)cc1NS(=O)(=O)c1ccc(F)cc1F. The molecule has 1 aliphatic heterocycles. The lowest BCUT2D eigenvalue weighted by Gasteiger charge is -2.30. The number of hydrogen-bond acceptors (Lipinski definition) is 7. The molecule has 9 nitrogen and oxygen atoms in total. The number of aromatic nitrogens is 2. The van der Waals surface area contributed by atoms with Gasteiger partial charge in [-0.3, -0.25) is 14.5 Å². The maximum absolute atomic E-state index is 14.2. The van der Waals surface area contributed by atoms with E-state index in [1.54, 1.807) is 41.4 Å². The van der Waals surface area contributed by atoms with Crippen molar-refractivity contribution in [3.05, 3.63) is 90.4 Å². The number of hydrogen-bond donors (Lipinski definition) is 1. The van der Waals surface area contributed by atoms with Gasteiger partial charge in [0.2, 0.25) is 5.88 Å². The van der Waals surface area contributed by atoms with Crippen LogP contribution in [0.3, 0.4) is 0 Å². The van der Waals surface area contributed by atoms with Gasteiger partial charge in [0.15, 0.2) is 0 Å². The first kappa shape index (κ1) is 25.1. The highest BCUT2D eigenvalue weighted by Crippen LogP contribution is 2.38. The largest absolute Gasteiger partial charge is 0.490 e. The van der Waals surface area contributed by atoms with Crippen LogP contribution in [0.25, 0.3) is 11.1 Å². The van der Waals surface area contributed by atoms with E-state index in [1.807, 2.05) is 0 Å². The molecule has 1 amide bonds. The lowest BCUT2D eigenvalue weighted by molar-refractivity contribution is 0.0976. The first-order valence-electron chi connectivity index (χ1n) is 11.3. The number of methoxy groups -OCH3 is 1. The number of benzene rings is 2. The predicted molar refractivity (Wildman–Crippen MR) is 135 cm³/mol. The van der Waals surface area contributed by atoms with E-state index in [0.717, 1.165) is 12.1 Å². The van der Waals surface area contributed by atoms with Crippen molar-refractivity contribution in [1.29, 1.82) is 0 Å². The molecule has 2 aromatic carbocycles. The molecule has 194 valence electrons. The zero-order chi connectivity index (χ0) is 26.9. The molecule has 0 saturated heterocycles. The van der Waals surface area contributed by atoms with E-state index in [1.165, 1.54) is 25.6 Å². The van der Waals surface area contributed by atoms with E-state index in [0.29, 0.717) is 47.3 Å². The second-order valence-corrected chi connectivity index (χ2v) is 9.84. The van der Waals surface area contributed by atoms with Crippen molar-refractivity contribution in [2.45, 2.75) is 4.90 Å². The summed E-state index contributed by atoms with van der Waals surface area (Å²) >= 11 is 0. The Morgan fingerprint density at radius 1 is 1.08 bits per heavy atom. The minimum absolute atomic E-state index is 0.0606. The summed E-state index contributed by atoms with van der Waals surface area (Å²) < 4.78 is 66.4. The van der Waals surface area contributed by atoms with Gasteiger partial charge in [0.05, 0.1) is 24.9 Å². The minimum atomic E-state index is -4.45. The van der Waals surface area contributed by atoms with E-state index < -0.39 is 26.6 Å². The molecule has 12 heteroatoms. The van der Waals surface area contributed by atoms with E-state index in [2.05, 4.69) is 14.7 Å². The number of pyridine rings is 2. The van der Waals surface area contributed by atoms with Crippen LogP contribution >= 0.6 is 0 Å². The number of carbonyl (C=O) groups is 1. The van der Waals surface area contributed by atoms with Crippen LogP contribution in [0.15, 0.2) is 78.1 Å². The summed E-state index contributed by atoms with van der Waals surface area (Å²) in [6.07, 6.45) is 4.53. The highest BCUT2D eigenvalue weighted by Gasteiger charge is 2.26. The summed E-state index contributed by atoms with van der Waals surface area (Å²) in [6, 6.07) is 12.1. The van der Waals surface area contributed by atoms with Crippen LogP contribution in [-0.4, -0.2) is 44.6 Å². The molecule has 4 aromatic rings. The fraction of sp³-hybridized carbons (Fsp3) is 0.115. The number of nitrogens with one attached hydrogen (secondary N) is 1. The Morgan fingerprint density at radius 2 is 1.92 bits per heavy atom. The van der Waals surface area contributed by atoms with Gasteiger partial charge in [-0.1, -0.05) is 6.07 Å². The molecule has 2 aromatic heterocycles. The number of sulfonamides is 1. The van der Waals surface area contributed by atoms with Crippen molar-refractivity contribution < 1.29 is 31.5 Å². The average Bonchev–Trinajstić information content (AvgIpc) is 2.92. The lowest BCUT2D eigenvalue weighted by Crippen LogP contribution is -2.38. The fourth-order valence-corrected chi connectivity index (χ4v) is 5.10. The standard InChI is InChI=1S/C26H20F2N4O5S/c1-36-25-21(31-38(34,35)24-7-5-19(27)13-20(24)28)11-18(15-30-25)16-4-6-23-22(12-16)32(9-10-37-23)26(33)17-3-2-8-29-14-17/h2-8,11-15,31H,9-10H2,1H3. The third kappa shape index (κ3) is 4.85. The molecule has 3 heterocycles. The number of halogens is 2. The second-order valence-electron chi connectivity index (χ2n) is 8.19. The van der Waals surface area contributed by atoms with Crippen molar-refractivity contribution in [2.24, 2.45) is 0 Å². The lowest BCUT2D eigenvalue weighted by atomic mass is 10.0. The van der Waals surface area contributed by atoms with Gasteiger partial charge in [0.25, 0.3) is 15.9 Å². The minimum Gasteiger partial charge on any atom is -0.490 e. The monoisotopic (exact) mass is 538 g/mol. The topological polar surface area (TPSA) is 111 Å². The molecule has 0 bridgehead atoms. The molecule has 0 atom stereocenters. The van der Waals surface area contributed by atoms with Crippen molar-refractivity contribution in [1.82, 2.24) is 9.97 Å². The van der Waals surface area contributed by atoms with E-state index >= 15 is 0 Å². The molecule has 1 aliphatic rings. The Labute approximate surface area is 216 Å². The Bertz CT molecular complexity index is 1630. The normalized spacial score (nSPS) is 12.9. The quantitative estimate of drug-likeness (QED) is 0.390. The van der Waals surface area contributed by atoms with Crippen molar-refractivity contribution in [2.75, 3.05) is 29.9 Å².